The number of hydrogen-bond acceptors (Lipinski definition) is 4. The molecule has 25 heavy (non-hydrogen) atoms. The Hall–Kier alpha value is -2.34. The molecule has 1 heterocycles. The Balaban J connectivity index is 1.59. The van der Waals surface area contributed by atoms with Crippen molar-refractivity contribution in [1.29, 1.82) is 0 Å². The lowest BCUT2D eigenvalue weighted by Gasteiger charge is -2.22. The van der Waals surface area contributed by atoms with Gasteiger partial charge in [0, 0.05) is 17.8 Å². The molecule has 2 atom stereocenters. The number of carbonyl (C=O) groups excluding carboxylic acids is 1. The highest BCUT2D eigenvalue weighted by atomic mass is 16.5. The predicted octanol–water partition coefficient (Wildman–Crippen LogP) is 2.47. The highest BCUT2D eigenvalue weighted by molar-refractivity contribution is 5.84. The van der Waals surface area contributed by atoms with Crippen LogP contribution in [0.15, 0.2) is 30.5 Å². The Morgan fingerprint density at radius 1 is 1.48 bits per heavy atom. The molecule has 1 amide bonds. The normalized spacial score (nSPS) is 17.8. The van der Waals surface area contributed by atoms with Crippen molar-refractivity contribution < 1.29 is 14.6 Å². The number of nitrogens with one attached hydrogen (secondary N) is 2. The summed E-state index contributed by atoms with van der Waals surface area (Å²) in [6.07, 6.45) is 3.75. The van der Waals surface area contributed by atoms with E-state index < -0.39 is 6.10 Å². The number of aromatic nitrogens is 2. The van der Waals surface area contributed by atoms with Gasteiger partial charge in [0.15, 0.2) is 0 Å². The van der Waals surface area contributed by atoms with E-state index in [0.717, 1.165) is 36.1 Å². The van der Waals surface area contributed by atoms with Crippen molar-refractivity contribution in [2.45, 2.75) is 51.2 Å². The number of aryl methyl sites for hydroxylation is 1. The molecule has 6 nitrogen and oxygen atoms in total. The van der Waals surface area contributed by atoms with E-state index >= 15 is 0 Å². The molecule has 6 heteroatoms. The summed E-state index contributed by atoms with van der Waals surface area (Å²) in [5.74, 6) is 0.467. The van der Waals surface area contributed by atoms with Gasteiger partial charge in [0.1, 0.15) is 5.75 Å². The van der Waals surface area contributed by atoms with E-state index in [2.05, 4.69) is 15.5 Å². The molecule has 2 aromatic rings. The molecule has 1 aliphatic carbocycles. The number of amides is 1. The molecule has 0 fully saturated rings. The first-order chi connectivity index (χ1) is 12.0. The van der Waals surface area contributed by atoms with Crippen LogP contribution in [0.25, 0.3) is 0 Å². The molecule has 0 aliphatic heterocycles. The van der Waals surface area contributed by atoms with E-state index in [0.29, 0.717) is 5.75 Å². The van der Waals surface area contributed by atoms with Gasteiger partial charge in [-0.05, 0) is 50.8 Å². The number of nitrogens with zero attached hydrogens (tertiary/aromatic N) is 1. The molecule has 0 spiro atoms. The second-order valence-electron chi connectivity index (χ2n) is 6.75. The largest absolute Gasteiger partial charge is 0.491 e. The summed E-state index contributed by atoms with van der Waals surface area (Å²) in [7, 11) is 0. The molecule has 1 aromatic heterocycles. The Labute approximate surface area is 147 Å². The van der Waals surface area contributed by atoms with Crippen LogP contribution in [-0.4, -0.2) is 33.9 Å². The van der Waals surface area contributed by atoms with Crippen LogP contribution in [0.1, 0.15) is 55.5 Å². The monoisotopic (exact) mass is 343 g/mol. The first kappa shape index (κ1) is 17.5. The highest BCUT2D eigenvalue weighted by Crippen LogP contribution is 2.30. The Kier molecular flexibility index (Phi) is 5.38. The van der Waals surface area contributed by atoms with Crippen molar-refractivity contribution in [3.05, 3.63) is 47.3 Å². The quantitative estimate of drug-likeness (QED) is 0.752. The summed E-state index contributed by atoms with van der Waals surface area (Å²) in [5.41, 5.74) is 2.75. The van der Waals surface area contributed by atoms with Crippen LogP contribution < -0.4 is 10.1 Å². The third-order valence-electron chi connectivity index (χ3n) is 4.45. The summed E-state index contributed by atoms with van der Waals surface area (Å²) in [6.45, 7) is 4.09. The lowest BCUT2D eigenvalue weighted by atomic mass is 9.86. The maximum atomic E-state index is 12.5. The van der Waals surface area contributed by atoms with Gasteiger partial charge in [0.2, 0.25) is 5.91 Å². The molecule has 0 radical (unpaired) electrons. The topological polar surface area (TPSA) is 87.2 Å². The fourth-order valence-electron chi connectivity index (χ4n) is 3.24. The minimum atomic E-state index is -0.771. The molecular formula is C19H25N3O3. The minimum Gasteiger partial charge on any atom is -0.491 e. The van der Waals surface area contributed by atoms with Crippen LogP contribution in [-0.2, 0) is 11.2 Å². The fourth-order valence-corrected chi connectivity index (χ4v) is 3.24. The number of aliphatic hydroxyl groups is 1. The standard InChI is InChI=1S/C19H25N3O3/c1-12(2)25-14-6-3-5-13(9-14)18(23)11-20-19(24)15-7-4-8-17-16(15)10-21-22-17/h3,5-6,9-10,12,15,18,23H,4,7-8,11H2,1-2H3,(H,20,24)(H,21,22). The lowest BCUT2D eigenvalue weighted by Crippen LogP contribution is -2.34. The summed E-state index contributed by atoms with van der Waals surface area (Å²) in [6, 6.07) is 7.35. The number of H-pyrrole nitrogens is 1. The van der Waals surface area contributed by atoms with Gasteiger partial charge in [-0.2, -0.15) is 5.10 Å². The summed E-state index contributed by atoms with van der Waals surface area (Å²) in [4.78, 5) is 12.5. The Morgan fingerprint density at radius 2 is 2.32 bits per heavy atom. The number of carbonyl (C=O) groups is 1. The van der Waals surface area contributed by atoms with Crippen LogP contribution in [0.3, 0.4) is 0 Å². The third kappa shape index (κ3) is 4.20. The van der Waals surface area contributed by atoms with Crippen molar-refractivity contribution in [3.8, 4) is 5.75 Å². The average molecular weight is 343 g/mol. The van der Waals surface area contributed by atoms with E-state index in [4.69, 9.17) is 4.74 Å². The van der Waals surface area contributed by atoms with Crippen LogP contribution >= 0.6 is 0 Å². The van der Waals surface area contributed by atoms with Crippen molar-refractivity contribution in [2.24, 2.45) is 0 Å². The van der Waals surface area contributed by atoms with Gasteiger partial charge >= 0.3 is 0 Å². The Morgan fingerprint density at radius 3 is 3.12 bits per heavy atom. The third-order valence-corrected chi connectivity index (χ3v) is 4.45. The smallest absolute Gasteiger partial charge is 0.227 e. The predicted molar refractivity (Wildman–Crippen MR) is 94.4 cm³/mol. The SMILES string of the molecule is CC(C)Oc1cccc(C(O)CNC(=O)C2CCCc3[nH]ncc32)c1. The van der Waals surface area contributed by atoms with Crippen LogP contribution in [0.5, 0.6) is 5.75 Å². The number of ether oxygens (including phenoxy) is 1. The number of aromatic amines is 1. The number of rotatable bonds is 6. The van der Waals surface area contributed by atoms with Crippen molar-refractivity contribution in [2.75, 3.05) is 6.54 Å². The number of fused-ring (bicyclic) bond motifs is 1. The molecule has 134 valence electrons. The zero-order valence-corrected chi connectivity index (χ0v) is 14.7. The fraction of sp³-hybridized carbons (Fsp3) is 0.474. The molecular weight excluding hydrogens is 318 g/mol. The molecule has 1 aromatic carbocycles. The molecule has 3 rings (SSSR count). The van der Waals surface area contributed by atoms with Crippen molar-refractivity contribution in [1.82, 2.24) is 15.5 Å². The second-order valence-corrected chi connectivity index (χ2v) is 6.75. The van der Waals surface area contributed by atoms with Crippen molar-refractivity contribution in [3.63, 3.8) is 0 Å². The summed E-state index contributed by atoms with van der Waals surface area (Å²) < 4.78 is 5.65. The van der Waals surface area contributed by atoms with E-state index in [-0.39, 0.29) is 24.5 Å². The minimum absolute atomic E-state index is 0.0593. The lowest BCUT2D eigenvalue weighted by molar-refractivity contribution is -0.123. The van der Waals surface area contributed by atoms with E-state index in [1.807, 2.05) is 38.1 Å². The number of hydrogen-bond donors (Lipinski definition) is 3. The molecule has 1 aliphatic rings. The highest BCUT2D eigenvalue weighted by Gasteiger charge is 2.28. The summed E-state index contributed by atoms with van der Waals surface area (Å²) >= 11 is 0. The van der Waals surface area contributed by atoms with Gasteiger partial charge in [0.25, 0.3) is 0 Å². The first-order valence-corrected chi connectivity index (χ1v) is 8.79. The number of benzene rings is 1. The molecule has 3 N–H and O–H groups in total. The van der Waals surface area contributed by atoms with Gasteiger partial charge < -0.3 is 15.2 Å². The van der Waals surface area contributed by atoms with Gasteiger partial charge in [-0.15, -0.1) is 0 Å². The number of aliphatic hydroxyl groups excluding tert-OH is 1. The van der Waals surface area contributed by atoms with Gasteiger partial charge in [-0.25, -0.2) is 0 Å². The zero-order chi connectivity index (χ0) is 17.8. The van der Waals surface area contributed by atoms with Gasteiger partial charge in [0.05, 0.1) is 24.3 Å². The summed E-state index contributed by atoms with van der Waals surface area (Å²) in [5, 5.41) is 20.3. The second kappa shape index (κ2) is 7.70. The van der Waals surface area contributed by atoms with E-state index in [9.17, 15) is 9.90 Å². The van der Waals surface area contributed by atoms with Crippen LogP contribution in [0.4, 0.5) is 0 Å². The first-order valence-electron chi connectivity index (χ1n) is 8.79. The van der Waals surface area contributed by atoms with E-state index in [1.54, 1.807) is 6.20 Å². The van der Waals surface area contributed by atoms with Crippen LogP contribution in [0.2, 0.25) is 0 Å². The molecule has 0 saturated heterocycles. The van der Waals surface area contributed by atoms with Crippen LogP contribution in [0, 0.1) is 0 Å². The maximum Gasteiger partial charge on any atom is 0.227 e. The van der Waals surface area contributed by atoms with Gasteiger partial charge in [-0.3, -0.25) is 9.89 Å². The molecule has 0 saturated carbocycles. The average Bonchev–Trinajstić information content (AvgIpc) is 3.07. The zero-order valence-electron chi connectivity index (χ0n) is 14.7. The van der Waals surface area contributed by atoms with E-state index in [1.165, 1.54) is 0 Å². The van der Waals surface area contributed by atoms with Gasteiger partial charge in [-0.1, -0.05) is 12.1 Å². The maximum absolute atomic E-state index is 12.5. The Bertz CT molecular complexity index is 726. The van der Waals surface area contributed by atoms with Crippen molar-refractivity contribution >= 4 is 5.91 Å². The molecule has 2 unspecified atom stereocenters. The molecule has 0 bridgehead atoms.